The lowest BCUT2D eigenvalue weighted by Crippen LogP contribution is -2.07. The Bertz CT molecular complexity index is 976. The number of benzene rings is 1. The molecule has 0 bridgehead atoms. The molecule has 0 unspecified atom stereocenters. The van der Waals surface area contributed by atoms with Gasteiger partial charge in [-0.15, -0.1) is 21.5 Å². The van der Waals surface area contributed by atoms with E-state index in [1.165, 1.54) is 32.1 Å². The SMILES string of the molecule is CCc1ccc(C2=N[C@@H](C)c3nnc(C)n3-c3sc(C)c(C)c32)cc1. The second kappa shape index (κ2) is 5.92. The summed E-state index contributed by atoms with van der Waals surface area (Å²) >= 11 is 1.80. The Balaban J connectivity index is 1.99. The second-order valence-electron chi connectivity index (χ2n) is 6.61. The van der Waals surface area contributed by atoms with Crippen molar-refractivity contribution in [3.8, 4) is 5.00 Å². The monoisotopic (exact) mass is 350 g/mol. The quantitative estimate of drug-likeness (QED) is 0.670. The van der Waals surface area contributed by atoms with Crippen LogP contribution in [0.25, 0.3) is 5.00 Å². The summed E-state index contributed by atoms with van der Waals surface area (Å²) in [6, 6.07) is 8.76. The number of aromatic nitrogens is 3. The summed E-state index contributed by atoms with van der Waals surface area (Å²) < 4.78 is 2.18. The van der Waals surface area contributed by atoms with Crippen LogP contribution in [0, 0.1) is 20.8 Å². The molecule has 2 aromatic heterocycles. The molecule has 0 amide bonds. The molecule has 3 heterocycles. The van der Waals surface area contributed by atoms with Crippen molar-refractivity contribution in [1.82, 2.24) is 14.8 Å². The fourth-order valence-electron chi connectivity index (χ4n) is 3.38. The molecule has 1 aromatic carbocycles. The first kappa shape index (κ1) is 16.2. The molecule has 0 spiro atoms. The van der Waals surface area contributed by atoms with Crippen molar-refractivity contribution in [1.29, 1.82) is 0 Å². The van der Waals surface area contributed by atoms with Crippen molar-refractivity contribution < 1.29 is 0 Å². The van der Waals surface area contributed by atoms with Gasteiger partial charge in [-0.25, -0.2) is 0 Å². The Kier molecular flexibility index (Phi) is 3.84. The fourth-order valence-corrected chi connectivity index (χ4v) is 4.59. The number of nitrogens with zero attached hydrogens (tertiary/aromatic N) is 4. The lowest BCUT2D eigenvalue weighted by Gasteiger charge is -2.10. The van der Waals surface area contributed by atoms with Crippen LogP contribution in [0.5, 0.6) is 0 Å². The number of fused-ring (bicyclic) bond motifs is 3. The molecule has 0 aliphatic carbocycles. The summed E-state index contributed by atoms with van der Waals surface area (Å²) in [4.78, 5) is 6.39. The second-order valence-corrected chi connectivity index (χ2v) is 7.81. The third kappa shape index (κ3) is 2.45. The zero-order valence-corrected chi connectivity index (χ0v) is 16.1. The first-order valence-electron chi connectivity index (χ1n) is 8.71. The molecule has 4 nitrogen and oxygen atoms in total. The Morgan fingerprint density at radius 3 is 2.48 bits per heavy atom. The summed E-state index contributed by atoms with van der Waals surface area (Å²) in [7, 11) is 0. The van der Waals surface area contributed by atoms with E-state index in [1.54, 1.807) is 11.3 Å². The van der Waals surface area contributed by atoms with Crippen LogP contribution in [0.3, 0.4) is 0 Å². The van der Waals surface area contributed by atoms with E-state index in [0.717, 1.165) is 23.8 Å². The standard InChI is InChI=1S/C20H22N4S/c1-6-15-7-9-16(10-8-15)18-17-11(2)13(4)25-20(17)24-14(5)22-23-19(24)12(3)21-18/h7-10,12H,6H2,1-5H3/t12-/m0/s1. The molecule has 0 fully saturated rings. The van der Waals surface area contributed by atoms with Crippen molar-refractivity contribution in [2.24, 2.45) is 4.99 Å². The van der Waals surface area contributed by atoms with E-state index in [2.05, 4.69) is 66.7 Å². The van der Waals surface area contributed by atoms with Crippen LogP contribution in [0.15, 0.2) is 29.3 Å². The Morgan fingerprint density at radius 1 is 1.08 bits per heavy atom. The zero-order valence-electron chi connectivity index (χ0n) is 15.3. The van der Waals surface area contributed by atoms with E-state index in [0.29, 0.717) is 0 Å². The molecule has 25 heavy (non-hydrogen) atoms. The van der Waals surface area contributed by atoms with E-state index in [4.69, 9.17) is 4.99 Å². The first-order valence-corrected chi connectivity index (χ1v) is 9.52. The Hall–Kier alpha value is -2.27. The van der Waals surface area contributed by atoms with Crippen LogP contribution in [0.2, 0.25) is 0 Å². The van der Waals surface area contributed by atoms with Gasteiger partial charge in [0.1, 0.15) is 16.9 Å². The predicted molar refractivity (Wildman–Crippen MR) is 103 cm³/mol. The van der Waals surface area contributed by atoms with Gasteiger partial charge in [0.2, 0.25) is 0 Å². The van der Waals surface area contributed by atoms with Crippen LogP contribution in [-0.4, -0.2) is 20.5 Å². The number of thiophene rings is 1. The lowest BCUT2D eigenvalue weighted by molar-refractivity contribution is 0.724. The topological polar surface area (TPSA) is 43.1 Å². The van der Waals surface area contributed by atoms with E-state index < -0.39 is 0 Å². The minimum atomic E-state index is -0.0265. The highest BCUT2D eigenvalue weighted by atomic mass is 32.1. The minimum Gasteiger partial charge on any atom is -0.273 e. The van der Waals surface area contributed by atoms with Gasteiger partial charge >= 0.3 is 0 Å². The van der Waals surface area contributed by atoms with Gasteiger partial charge in [-0.3, -0.25) is 9.56 Å². The van der Waals surface area contributed by atoms with Gasteiger partial charge in [0.15, 0.2) is 5.82 Å². The van der Waals surface area contributed by atoms with Crippen LogP contribution < -0.4 is 0 Å². The number of aliphatic imine (C=N–C) groups is 1. The first-order chi connectivity index (χ1) is 12.0. The van der Waals surface area contributed by atoms with Crippen LogP contribution >= 0.6 is 11.3 Å². The molecule has 5 heteroatoms. The molecule has 0 radical (unpaired) electrons. The summed E-state index contributed by atoms with van der Waals surface area (Å²) in [6.07, 6.45) is 1.05. The van der Waals surface area contributed by atoms with Crippen LogP contribution in [0.1, 0.15) is 58.7 Å². The minimum absolute atomic E-state index is 0.0265. The molecule has 0 N–H and O–H groups in total. The maximum absolute atomic E-state index is 5.07. The number of hydrogen-bond acceptors (Lipinski definition) is 4. The van der Waals surface area contributed by atoms with Gasteiger partial charge in [-0.2, -0.15) is 0 Å². The third-order valence-corrected chi connectivity index (χ3v) is 6.18. The molecule has 0 saturated heterocycles. The Labute approximate surface area is 152 Å². The summed E-state index contributed by atoms with van der Waals surface area (Å²) in [5.41, 5.74) is 6.10. The van der Waals surface area contributed by atoms with Gasteiger partial charge in [-0.05, 0) is 45.2 Å². The molecule has 4 rings (SSSR count). The molecule has 1 aliphatic rings. The van der Waals surface area contributed by atoms with Crippen molar-refractivity contribution >= 4 is 17.0 Å². The molecule has 1 atom stereocenters. The van der Waals surface area contributed by atoms with Crippen molar-refractivity contribution in [3.63, 3.8) is 0 Å². The summed E-state index contributed by atoms with van der Waals surface area (Å²) in [6.45, 7) is 10.7. The lowest BCUT2D eigenvalue weighted by atomic mass is 9.98. The number of hydrogen-bond donors (Lipinski definition) is 0. The average Bonchev–Trinajstić information content (AvgIpc) is 3.09. The van der Waals surface area contributed by atoms with E-state index in [-0.39, 0.29) is 6.04 Å². The maximum Gasteiger partial charge on any atom is 0.162 e. The van der Waals surface area contributed by atoms with E-state index in [1.807, 2.05) is 6.92 Å². The number of aryl methyl sites for hydroxylation is 3. The highest BCUT2D eigenvalue weighted by molar-refractivity contribution is 7.15. The molecule has 3 aromatic rings. The maximum atomic E-state index is 5.07. The molecular formula is C20H22N4S. The summed E-state index contributed by atoms with van der Waals surface area (Å²) in [5.74, 6) is 1.84. The largest absolute Gasteiger partial charge is 0.273 e. The zero-order chi connectivity index (χ0) is 17.7. The Morgan fingerprint density at radius 2 is 1.80 bits per heavy atom. The highest BCUT2D eigenvalue weighted by Crippen LogP contribution is 2.38. The fraction of sp³-hybridized carbons (Fsp3) is 0.350. The van der Waals surface area contributed by atoms with Gasteiger partial charge < -0.3 is 0 Å². The van der Waals surface area contributed by atoms with Gasteiger partial charge in [0.25, 0.3) is 0 Å². The smallest absolute Gasteiger partial charge is 0.162 e. The van der Waals surface area contributed by atoms with Crippen molar-refractivity contribution in [2.75, 3.05) is 0 Å². The highest BCUT2D eigenvalue weighted by Gasteiger charge is 2.29. The van der Waals surface area contributed by atoms with Gasteiger partial charge in [0.05, 0.1) is 5.71 Å². The van der Waals surface area contributed by atoms with Crippen molar-refractivity contribution in [3.05, 3.63) is 63.0 Å². The summed E-state index contributed by atoms with van der Waals surface area (Å²) in [5, 5.41) is 9.89. The molecular weight excluding hydrogens is 328 g/mol. The predicted octanol–water partition coefficient (Wildman–Crippen LogP) is 4.73. The average molecular weight is 350 g/mol. The normalized spacial score (nSPS) is 16.2. The van der Waals surface area contributed by atoms with Gasteiger partial charge in [-0.1, -0.05) is 31.2 Å². The van der Waals surface area contributed by atoms with E-state index in [9.17, 15) is 0 Å². The van der Waals surface area contributed by atoms with Gasteiger partial charge in [0, 0.05) is 16.0 Å². The van der Waals surface area contributed by atoms with Crippen molar-refractivity contribution in [2.45, 2.75) is 47.1 Å². The van der Waals surface area contributed by atoms with E-state index >= 15 is 0 Å². The molecule has 128 valence electrons. The molecule has 1 aliphatic heterocycles. The molecule has 0 saturated carbocycles. The third-order valence-electron chi connectivity index (χ3n) is 4.99. The van der Waals surface area contributed by atoms with Crippen LogP contribution in [-0.2, 0) is 6.42 Å². The van der Waals surface area contributed by atoms with Crippen LogP contribution in [0.4, 0.5) is 0 Å². The number of rotatable bonds is 2.